The second-order valence-corrected chi connectivity index (χ2v) is 8.64. The lowest BCUT2D eigenvalue weighted by Crippen LogP contribution is -2.38. The lowest BCUT2D eigenvalue weighted by Gasteiger charge is -2.24. The summed E-state index contributed by atoms with van der Waals surface area (Å²) in [7, 11) is 0. The Balaban J connectivity index is 1.26. The van der Waals surface area contributed by atoms with Crippen LogP contribution in [0.15, 0.2) is 53.1 Å². The number of nitrogens with zero attached hydrogens (tertiary/aromatic N) is 5. The van der Waals surface area contributed by atoms with Crippen LogP contribution in [0.1, 0.15) is 30.8 Å². The summed E-state index contributed by atoms with van der Waals surface area (Å²) in [5.74, 6) is 0.343. The van der Waals surface area contributed by atoms with Gasteiger partial charge in [0.15, 0.2) is 0 Å². The van der Waals surface area contributed by atoms with Gasteiger partial charge in [-0.2, -0.15) is 0 Å². The minimum absolute atomic E-state index is 0.0208. The molecular formula is C23H22ClN5O3. The van der Waals surface area contributed by atoms with Crippen molar-refractivity contribution in [3.8, 4) is 11.5 Å². The maximum atomic E-state index is 13.3. The molecule has 2 fully saturated rings. The maximum Gasteiger partial charge on any atom is 0.247 e. The van der Waals surface area contributed by atoms with Gasteiger partial charge in [-0.15, -0.1) is 10.2 Å². The highest BCUT2D eigenvalue weighted by atomic mass is 35.5. The zero-order valence-corrected chi connectivity index (χ0v) is 18.1. The van der Waals surface area contributed by atoms with Gasteiger partial charge in [-0.1, -0.05) is 17.7 Å². The molecule has 2 aliphatic rings. The monoisotopic (exact) mass is 451 g/mol. The van der Waals surface area contributed by atoms with Crippen molar-refractivity contribution in [3.05, 3.63) is 65.3 Å². The number of hydrogen-bond donors (Lipinski definition) is 0. The number of rotatable bonds is 7. The Morgan fingerprint density at radius 3 is 2.69 bits per heavy atom. The van der Waals surface area contributed by atoms with E-state index in [2.05, 4.69) is 15.2 Å². The van der Waals surface area contributed by atoms with E-state index in [0.29, 0.717) is 29.9 Å². The van der Waals surface area contributed by atoms with E-state index in [1.54, 1.807) is 28.1 Å². The third-order valence-electron chi connectivity index (χ3n) is 5.78. The Kier molecular flexibility index (Phi) is 5.61. The number of carbonyl (C=O) groups excluding carboxylic acids is 2. The van der Waals surface area contributed by atoms with Crippen LogP contribution in [0, 0.1) is 5.92 Å². The van der Waals surface area contributed by atoms with Gasteiger partial charge >= 0.3 is 0 Å². The Labute approximate surface area is 190 Å². The van der Waals surface area contributed by atoms with Crippen molar-refractivity contribution in [2.24, 2.45) is 5.92 Å². The summed E-state index contributed by atoms with van der Waals surface area (Å²) < 4.78 is 5.81. The smallest absolute Gasteiger partial charge is 0.247 e. The average Bonchev–Trinajstić information content (AvgIpc) is 3.43. The molecule has 1 aliphatic heterocycles. The van der Waals surface area contributed by atoms with Crippen LogP contribution in [0.4, 0.5) is 0 Å². The molecule has 0 radical (unpaired) electrons. The van der Waals surface area contributed by atoms with Gasteiger partial charge in [0.05, 0.1) is 24.7 Å². The summed E-state index contributed by atoms with van der Waals surface area (Å²) in [5, 5.41) is 8.87. The SMILES string of the molecule is O=C1CC(C(=O)N(Cc2nnc(-c3ccc(Cl)cc3)o2)C2CC2)CN1Cc1ccccn1. The average molecular weight is 452 g/mol. The van der Waals surface area contributed by atoms with Crippen LogP contribution in [-0.2, 0) is 22.7 Å². The third-order valence-corrected chi connectivity index (χ3v) is 6.03. The van der Waals surface area contributed by atoms with E-state index in [-0.39, 0.29) is 36.7 Å². The van der Waals surface area contributed by atoms with Crippen LogP contribution in [-0.4, -0.2) is 49.4 Å². The number of hydrogen-bond acceptors (Lipinski definition) is 6. The van der Waals surface area contributed by atoms with Gasteiger partial charge in [0.2, 0.25) is 23.6 Å². The number of benzene rings is 1. The van der Waals surface area contributed by atoms with Crippen molar-refractivity contribution >= 4 is 23.4 Å². The molecule has 0 N–H and O–H groups in total. The highest BCUT2D eigenvalue weighted by molar-refractivity contribution is 6.30. The van der Waals surface area contributed by atoms with E-state index in [4.69, 9.17) is 16.0 Å². The number of aromatic nitrogens is 3. The molecule has 164 valence electrons. The highest BCUT2D eigenvalue weighted by Gasteiger charge is 2.41. The van der Waals surface area contributed by atoms with Crippen LogP contribution in [0.3, 0.4) is 0 Å². The number of amides is 2. The fourth-order valence-corrected chi connectivity index (χ4v) is 4.08. The third kappa shape index (κ3) is 4.50. The van der Waals surface area contributed by atoms with Crippen molar-refractivity contribution in [2.45, 2.75) is 38.4 Å². The fourth-order valence-electron chi connectivity index (χ4n) is 3.96. The molecule has 9 heteroatoms. The van der Waals surface area contributed by atoms with Gasteiger partial charge in [-0.3, -0.25) is 14.6 Å². The molecule has 2 aromatic heterocycles. The molecule has 5 rings (SSSR count). The Morgan fingerprint density at radius 2 is 1.97 bits per heavy atom. The van der Waals surface area contributed by atoms with Gasteiger partial charge in [0.25, 0.3) is 0 Å². The minimum atomic E-state index is -0.370. The molecule has 1 saturated carbocycles. The first-order chi connectivity index (χ1) is 15.6. The van der Waals surface area contributed by atoms with Crippen molar-refractivity contribution in [2.75, 3.05) is 6.54 Å². The van der Waals surface area contributed by atoms with Gasteiger partial charge in [-0.25, -0.2) is 0 Å². The van der Waals surface area contributed by atoms with Crippen LogP contribution in [0.25, 0.3) is 11.5 Å². The van der Waals surface area contributed by atoms with Crippen LogP contribution >= 0.6 is 11.6 Å². The zero-order chi connectivity index (χ0) is 22.1. The summed E-state index contributed by atoms with van der Waals surface area (Å²) in [6, 6.07) is 12.9. The van der Waals surface area contributed by atoms with E-state index in [9.17, 15) is 9.59 Å². The Hall–Kier alpha value is -3.26. The summed E-state index contributed by atoms with van der Waals surface area (Å²) in [6.07, 6.45) is 3.81. The largest absolute Gasteiger partial charge is 0.419 e. The van der Waals surface area contributed by atoms with Crippen LogP contribution < -0.4 is 0 Å². The molecule has 1 saturated heterocycles. The molecule has 32 heavy (non-hydrogen) atoms. The summed E-state index contributed by atoms with van der Waals surface area (Å²) in [4.78, 5) is 33.6. The Morgan fingerprint density at radius 1 is 1.16 bits per heavy atom. The maximum absolute atomic E-state index is 13.3. The van der Waals surface area contributed by atoms with Gasteiger partial charge in [0, 0.05) is 35.8 Å². The molecule has 8 nitrogen and oxygen atoms in total. The summed E-state index contributed by atoms with van der Waals surface area (Å²) in [5.41, 5.74) is 1.58. The Bertz CT molecular complexity index is 1110. The van der Waals surface area contributed by atoms with E-state index < -0.39 is 0 Å². The topological polar surface area (TPSA) is 92.4 Å². The number of pyridine rings is 1. The normalized spacial score (nSPS) is 18.2. The van der Waals surface area contributed by atoms with Gasteiger partial charge in [0.1, 0.15) is 0 Å². The van der Waals surface area contributed by atoms with E-state index in [1.807, 2.05) is 30.3 Å². The van der Waals surface area contributed by atoms with E-state index in [1.165, 1.54) is 0 Å². The fraction of sp³-hybridized carbons (Fsp3) is 0.348. The van der Waals surface area contributed by atoms with Crippen molar-refractivity contribution in [1.29, 1.82) is 0 Å². The summed E-state index contributed by atoms with van der Waals surface area (Å²) in [6.45, 7) is 1.06. The molecule has 2 amide bonds. The van der Waals surface area contributed by atoms with Crippen molar-refractivity contribution in [1.82, 2.24) is 25.0 Å². The molecule has 1 atom stereocenters. The quantitative estimate of drug-likeness (QED) is 0.547. The predicted octanol–water partition coefficient (Wildman–Crippen LogP) is 3.32. The molecule has 1 aliphatic carbocycles. The molecule has 3 aromatic rings. The second-order valence-electron chi connectivity index (χ2n) is 8.20. The van der Waals surface area contributed by atoms with Crippen LogP contribution in [0.2, 0.25) is 5.02 Å². The lowest BCUT2D eigenvalue weighted by atomic mass is 10.1. The standard InChI is InChI=1S/C23H22ClN5O3/c24-17-6-4-15(5-7-17)22-27-26-20(32-22)14-29(19-8-9-19)23(31)16-11-21(30)28(12-16)13-18-3-1-2-10-25-18/h1-7,10,16,19H,8-9,11-14H2. The lowest BCUT2D eigenvalue weighted by molar-refractivity contribution is -0.137. The van der Waals surface area contributed by atoms with Gasteiger partial charge < -0.3 is 14.2 Å². The molecule has 3 heterocycles. The first kappa shape index (κ1) is 20.6. The van der Waals surface area contributed by atoms with E-state index >= 15 is 0 Å². The number of likely N-dealkylation sites (tertiary alicyclic amines) is 1. The summed E-state index contributed by atoms with van der Waals surface area (Å²) >= 11 is 5.94. The first-order valence-electron chi connectivity index (χ1n) is 10.6. The first-order valence-corrected chi connectivity index (χ1v) is 11.0. The molecule has 0 bridgehead atoms. The molecule has 0 spiro atoms. The zero-order valence-electron chi connectivity index (χ0n) is 17.4. The van der Waals surface area contributed by atoms with Gasteiger partial charge in [-0.05, 0) is 49.2 Å². The van der Waals surface area contributed by atoms with Crippen molar-refractivity contribution < 1.29 is 14.0 Å². The van der Waals surface area contributed by atoms with Crippen molar-refractivity contribution in [3.63, 3.8) is 0 Å². The van der Waals surface area contributed by atoms with E-state index in [0.717, 1.165) is 24.1 Å². The van der Waals surface area contributed by atoms with Crippen LogP contribution in [0.5, 0.6) is 0 Å². The second kappa shape index (κ2) is 8.70. The molecule has 1 aromatic carbocycles. The molecule has 1 unspecified atom stereocenters. The minimum Gasteiger partial charge on any atom is -0.419 e. The molecular weight excluding hydrogens is 430 g/mol. The highest BCUT2D eigenvalue weighted by Crippen LogP contribution is 2.32. The number of carbonyl (C=O) groups is 2. The number of halogens is 1. The predicted molar refractivity (Wildman–Crippen MR) is 116 cm³/mol.